The Morgan fingerprint density at radius 3 is 2.23 bits per heavy atom. The minimum Gasteiger partial charge on any atom is -0.388 e. The summed E-state index contributed by atoms with van der Waals surface area (Å²) in [6.07, 6.45) is -1.56. The molecule has 39 heavy (non-hydrogen) atoms. The van der Waals surface area contributed by atoms with Gasteiger partial charge in [-0.2, -0.15) is 13.2 Å². The average molecular weight is 549 g/mol. The highest BCUT2D eigenvalue weighted by Gasteiger charge is 2.56. The van der Waals surface area contributed by atoms with Gasteiger partial charge in [-0.05, 0) is 42.4 Å². The van der Waals surface area contributed by atoms with E-state index in [0.29, 0.717) is 51.3 Å². The quantitative estimate of drug-likeness (QED) is 0.543. The van der Waals surface area contributed by atoms with Gasteiger partial charge in [0.05, 0.1) is 34.3 Å². The Kier molecular flexibility index (Phi) is 6.72. The zero-order valence-corrected chi connectivity index (χ0v) is 22.8. The average Bonchev–Trinajstić information content (AvgIpc) is 3.21. The van der Waals surface area contributed by atoms with Crippen LogP contribution in [0.3, 0.4) is 0 Å². The van der Waals surface area contributed by atoms with Gasteiger partial charge in [0.15, 0.2) is 0 Å². The number of fused-ring (bicyclic) bond motifs is 4. The van der Waals surface area contributed by atoms with E-state index in [1.807, 2.05) is 4.73 Å². The maximum Gasteiger partial charge on any atom is 0.416 e. The third-order valence-corrected chi connectivity index (χ3v) is 9.01. The summed E-state index contributed by atoms with van der Waals surface area (Å²) in [6, 6.07) is 5.31. The van der Waals surface area contributed by atoms with Gasteiger partial charge in [0.1, 0.15) is 13.2 Å². The first-order valence-corrected chi connectivity index (χ1v) is 13.9. The van der Waals surface area contributed by atoms with E-state index in [4.69, 9.17) is 19.0 Å². The van der Waals surface area contributed by atoms with E-state index in [1.54, 1.807) is 7.11 Å². The van der Waals surface area contributed by atoms with E-state index in [-0.39, 0.29) is 11.3 Å². The molecular formula is C30H37F3NO5+. The summed E-state index contributed by atoms with van der Waals surface area (Å²) in [5.74, 6) is 0.121. The van der Waals surface area contributed by atoms with Gasteiger partial charge in [0.2, 0.25) is 11.4 Å². The molecule has 9 heteroatoms. The van der Waals surface area contributed by atoms with Crippen LogP contribution in [0.15, 0.2) is 24.3 Å². The Hall–Kier alpha value is -2.20. The number of hydrogen-bond acceptors (Lipinski definition) is 5. The number of nitrogens with zero attached hydrogens (tertiary/aromatic N) is 1. The van der Waals surface area contributed by atoms with Crippen LogP contribution < -0.4 is 9.57 Å². The molecule has 4 heterocycles. The summed E-state index contributed by atoms with van der Waals surface area (Å²) >= 11 is 0. The van der Waals surface area contributed by atoms with Crippen molar-refractivity contribution in [2.24, 2.45) is 5.41 Å². The second-order valence-corrected chi connectivity index (χ2v) is 12.2. The predicted molar refractivity (Wildman–Crippen MR) is 135 cm³/mol. The number of rotatable bonds is 3. The molecule has 6 nitrogen and oxygen atoms in total. The summed E-state index contributed by atoms with van der Waals surface area (Å²) < 4.78 is 60.6. The van der Waals surface area contributed by atoms with Crippen molar-refractivity contribution >= 4 is 0 Å². The topological polar surface area (TPSA) is 61.0 Å². The van der Waals surface area contributed by atoms with Crippen LogP contribution in [0.4, 0.5) is 13.2 Å². The molecule has 2 saturated heterocycles. The van der Waals surface area contributed by atoms with Crippen molar-refractivity contribution in [2.75, 3.05) is 33.5 Å². The fourth-order valence-electron chi connectivity index (χ4n) is 7.27. The van der Waals surface area contributed by atoms with E-state index in [0.717, 1.165) is 59.5 Å². The Labute approximate surface area is 227 Å². The second kappa shape index (κ2) is 9.72. The zero-order valence-electron chi connectivity index (χ0n) is 22.8. The monoisotopic (exact) mass is 548 g/mol. The molecule has 212 valence electrons. The van der Waals surface area contributed by atoms with Crippen molar-refractivity contribution in [3.63, 3.8) is 0 Å². The van der Waals surface area contributed by atoms with Crippen LogP contribution in [0.2, 0.25) is 0 Å². The number of halogens is 3. The van der Waals surface area contributed by atoms with E-state index in [2.05, 4.69) is 13.8 Å². The smallest absolute Gasteiger partial charge is 0.388 e. The lowest BCUT2D eigenvalue weighted by molar-refractivity contribution is -0.897. The number of aliphatic hydroxyl groups is 1. The van der Waals surface area contributed by atoms with Crippen molar-refractivity contribution in [1.29, 1.82) is 0 Å². The third kappa shape index (κ3) is 4.55. The van der Waals surface area contributed by atoms with Crippen molar-refractivity contribution in [3.8, 4) is 0 Å². The zero-order chi connectivity index (χ0) is 27.6. The summed E-state index contributed by atoms with van der Waals surface area (Å²) in [5.41, 5.74) is 3.89. The van der Waals surface area contributed by atoms with Gasteiger partial charge in [-0.15, -0.1) is 0 Å². The maximum atomic E-state index is 13.4. The molecule has 1 aromatic carbocycles. The molecule has 2 unspecified atom stereocenters. The van der Waals surface area contributed by atoms with Gasteiger partial charge in [0, 0.05) is 56.0 Å². The molecule has 0 saturated carbocycles. The Morgan fingerprint density at radius 1 is 0.974 bits per heavy atom. The number of benzene rings is 1. The molecule has 2 atom stereocenters. The Bertz CT molecular complexity index is 1230. The highest BCUT2D eigenvalue weighted by Crippen LogP contribution is 2.57. The van der Waals surface area contributed by atoms with Gasteiger partial charge in [-0.1, -0.05) is 26.0 Å². The molecule has 0 bridgehead atoms. The summed E-state index contributed by atoms with van der Waals surface area (Å²) in [4.78, 5) is 6.12. The molecule has 2 aromatic rings. The number of ether oxygens (including phenoxy) is 3. The largest absolute Gasteiger partial charge is 0.416 e. The second-order valence-electron chi connectivity index (χ2n) is 12.2. The van der Waals surface area contributed by atoms with Crippen LogP contribution in [-0.2, 0) is 32.4 Å². The number of aromatic nitrogens is 1. The molecule has 1 N–H and O–H groups in total. The fraction of sp³-hybridized carbons (Fsp3) is 0.633. The minimum atomic E-state index is -4.42. The SMILES string of the molecule is CO[n+]1c2c(c3c(c1C1CCOCC1)C(c1ccc(C(F)(F)F)cc1)OC31CCOCC1)C(O)CC(C)(C)C2. The summed E-state index contributed by atoms with van der Waals surface area (Å²) in [7, 11) is 1.65. The number of alkyl halides is 3. The fourth-order valence-corrected chi connectivity index (χ4v) is 7.27. The first-order valence-electron chi connectivity index (χ1n) is 13.9. The Morgan fingerprint density at radius 2 is 1.62 bits per heavy atom. The number of hydrogen-bond donors (Lipinski definition) is 1. The van der Waals surface area contributed by atoms with E-state index >= 15 is 0 Å². The van der Waals surface area contributed by atoms with Crippen molar-refractivity contribution in [1.82, 2.24) is 0 Å². The van der Waals surface area contributed by atoms with Crippen molar-refractivity contribution < 1.29 is 42.1 Å². The number of pyridine rings is 1. The van der Waals surface area contributed by atoms with Gasteiger partial charge in [-0.3, -0.25) is 4.84 Å². The normalized spacial score (nSPS) is 26.3. The molecule has 0 radical (unpaired) electrons. The molecule has 6 rings (SSSR count). The standard InChI is InChI=1S/C30H37F3NO5/c1-28(2)16-21-23(22(35)17-28)25-24(26(34(21)36-3)18-8-12-37-13-9-18)27(39-29(25)10-14-38-15-11-29)19-4-6-20(7-5-19)30(31,32)33/h4-7,18,22,27,35H,8-17H2,1-3H3/q+1. The lowest BCUT2D eigenvalue weighted by Gasteiger charge is -2.39. The molecule has 3 aliphatic heterocycles. The van der Waals surface area contributed by atoms with Crippen LogP contribution in [0.25, 0.3) is 0 Å². The minimum absolute atomic E-state index is 0.121. The first kappa shape index (κ1) is 27.0. The highest BCUT2D eigenvalue weighted by atomic mass is 19.4. The van der Waals surface area contributed by atoms with Crippen molar-refractivity contribution in [2.45, 2.75) is 82.3 Å². The van der Waals surface area contributed by atoms with Gasteiger partial charge < -0.3 is 19.3 Å². The maximum absolute atomic E-state index is 13.4. The van der Waals surface area contributed by atoms with Crippen LogP contribution in [0.1, 0.15) is 103 Å². The lowest BCUT2D eigenvalue weighted by atomic mass is 9.69. The molecular weight excluding hydrogens is 511 g/mol. The van der Waals surface area contributed by atoms with E-state index < -0.39 is 29.5 Å². The van der Waals surface area contributed by atoms with Crippen LogP contribution >= 0.6 is 0 Å². The van der Waals surface area contributed by atoms with Gasteiger partial charge in [-0.25, -0.2) is 0 Å². The van der Waals surface area contributed by atoms with Crippen LogP contribution in [0, 0.1) is 5.41 Å². The highest BCUT2D eigenvalue weighted by molar-refractivity contribution is 5.52. The summed E-state index contributed by atoms with van der Waals surface area (Å²) in [5, 5.41) is 11.7. The molecule has 1 spiro atoms. The van der Waals surface area contributed by atoms with Gasteiger partial charge in [0.25, 0.3) is 0 Å². The first-order chi connectivity index (χ1) is 18.5. The van der Waals surface area contributed by atoms with Crippen molar-refractivity contribution in [3.05, 3.63) is 63.5 Å². The molecule has 1 aliphatic carbocycles. The van der Waals surface area contributed by atoms with Gasteiger partial charge >= 0.3 is 6.18 Å². The molecule has 2 fully saturated rings. The lowest BCUT2D eigenvalue weighted by Crippen LogP contribution is -2.54. The Balaban J connectivity index is 1.64. The predicted octanol–water partition coefficient (Wildman–Crippen LogP) is 5.08. The van der Waals surface area contributed by atoms with Crippen LogP contribution in [0.5, 0.6) is 0 Å². The summed E-state index contributed by atoms with van der Waals surface area (Å²) in [6.45, 7) is 6.60. The molecule has 0 amide bonds. The molecule has 4 aliphatic rings. The molecule has 1 aromatic heterocycles. The van der Waals surface area contributed by atoms with E-state index in [9.17, 15) is 18.3 Å². The third-order valence-electron chi connectivity index (χ3n) is 9.01. The van der Waals surface area contributed by atoms with E-state index in [1.165, 1.54) is 12.1 Å². The van der Waals surface area contributed by atoms with Crippen LogP contribution in [-0.4, -0.2) is 38.6 Å². The number of aliphatic hydroxyl groups excluding tert-OH is 1.